The molecule has 130 valence electrons. The lowest BCUT2D eigenvalue weighted by atomic mass is 10.2. The maximum Gasteiger partial charge on any atom is 0.232 e. The van der Waals surface area contributed by atoms with E-state index in [1.54, 1.807) is 42.5 Å². The number of para-hydroxylation sites is 1. The number of sulfonamides is 1. The molecule has 25 heavy (non-hydrogen) atoms. The lowest BCUT2D eigenvalue weighted by Gasteiger charge is -2.22. The number of carbonyl (C=O) groups is 1. The molecule has 0 unspecified atom stereocenters. The van der Waals surface area contributed by atoms with Gasteiger partial charge in [0.25, 0.3) is 0 Å². The zero-order valence-electron chi connectivity index (χ0n) is 14.1. The van der Waals surface area contributed by atoms with E-state index in [2.05, 4.69) is 5.32 Å². The molecule has 0 radical (unpaired) electrons. The zero-order chi connectivity index (χ0) is 18.4. The average Bonchev–Trinajstić information content (AvgIpc) is 2.54. The van der Waals surface area contributed by atoms with Gasteiger partial charge in [0.05, 0.1) is 23.2 Å². The van der Waals surface area contributed by atoms with E-state index in [1.807, 2.05) is 19.1 Å². The molecule has 0 fully saturated rings. The predicted molar refractivity (Wildman–Crippen MR) is 97.8 cm³/mol. The van der Waals surface area contributed by atoms with Gasteiger partial charge in [-0.15, -0.1) is 0 Å². The number of benzene rings is 2. The molecule has 0 saturated heterocycles. The summed E-state index contributed by atoms with van der Waals surface area (Å²) in [6.45, 7) is 1.89. The smallest absolute Gasteiger partial charge is 0.232 e. The van der Waals surface area contributed by atoms with Gasteiger partial charge in [-0.05, 0) is 36.8 Å². The molecule has 2 aromatic rings. The first-order valence-corrected chi connectivity index (χ1v) is 9.49. The van der Waals surface area contributed by atoms with E-state index in [-0.39, 0.29) is 18.9 Å². The highest BCUT2D eigenvalue weighted by Gasteiger charge is 2.19. The highest BCUT2D eigenvalue weighted by molar-refractivity contribution is 7.92. The van der Waals surface area contributed by atoms with E-state index in [0.29, 0.717) is 16.9 Å². The van der Waals surface area contributed by atoms with Gasteiger partial charge in [0, 0.05) is 13.0 Å². The zero-order valence-corrected chi connectivity index (χ0v) is 14.9. The van der Waals surface area contributed by atoms with Crippen LogP contribution in [0, 0.1) is 18.3 Å². The number of amides is 1. The molecule has 0 aromatic heterocycles. The number of nitriles is 1. The van der Waals surface area contributed by atoms with E-state index < -0.39 is 10.0 Å². The fourth-order valence-corrected chi connectivity index (χ4v) is 3.29. The first-order valence-electron chi connectivity index (χ1n) is 7.64. The molecule has 7 heteroatoms. The average molecular weight is 357 g/mol. The van der Waals surface area contributed by atoms with Crippen LogP contribution in [-0.4, -0.2) is 27.1 Å². The number of nitrogens with one attached hydrogen (secondary N) is 1. The number of hydrogen-bond acceptors (Lipinski definition) is 4. The minimum Gasteiger partial charge on any atom is -0.325 e. The predicted octanol–water partition coefficient (Wildman–Crippen LogP) is 2.66. The molecule has 0 atom stereocenters. The molecule has 0 bridgehead atoms. The molecular weight excluding hydrogens is 338 g/mol. The van der Waals surface area contributed by atoms with Crippen molar-refractivity contribution in [3.05, 3.63) is 59.7 Å². The summed E-state index contributed by atoms with van der Waals surface area (Å²) in [6.07, 6.45) is 1.08. The third-order valence-corrected chi connectivity index (χ3v) is 4.75. The number of carbonyl (C=O) groups excluding carboxylic acids is 1. The van der Waals surface area contributed by atoms with Gasteiger partial charge < -0.3 is 5.32 Å². The van der Waals surface area contributed by atoms with Crippen LogP contribution in [0.25, 0.3) is 0 Å². The summed E-state index contributed by atoms with van der Waals surface area (Å²) in [7, 11) is -3.52. The van der Waals surface area contributed by atoms with E-state index in [0.717, 1.165) is 11.8 Å². The van der Waals surface area contributed by atoms with Crippen LogP contribution >= 0.6 is 0 Å². The largest absolute Gasteiger partial charge is 0.325 e. The highest BCUT2D eigenvalue weighted by atomic mass is 32.2. The van der Waals surface area contributed by atoms with Gasteiger partial charge in [-0.2, -0.15) is 5.26 Å². The van der Waals surface area contributed by atoms with Crippen molar-refractivity contribution in [2.75, 3.05) is 22.4 Å². The van der Waals surface area contributed by atoms with Crippen LogP contribution < -0.4 is 9.62 Å². The van der Waals surface area contributed by atoms with Crippen molar-refractivity contribution in [2.45, 2.75) is 13.3 Å². The quantitative estimate of drug-likeness (QED) is 0.860. The first kappa shape index (κ1) is 18.5. The van der Waals surface area contributed by atoms with Crippen molar-refractivity contribution in [3.63, 3.8) is 0 Å². The van der Waals surface area contributed by atoms with Crippen LogP contribution in [0.1, 0.15) is 17.5 Å². The fourth-order valence-electron chi connectivity index (χ4n) is 2.37. The molecule has 0 aliphatic rings. The van der Waals surface area contributed by atoms with Crippen LogP contribution in [0.5, 0.6) is 0 Å². The van der Waals surface area contributed by atoms with Crippen molar-refractivity contribution in [3.8, 4) is 6.07 Å². The summed E-state index contributed by atoms with van der Waals surface area (Å²) < 4.78 is 25.3. The Morgan fingerprint density at radius 3 is 2.56 bits per heavy atom. The summed E-state index contributed by atoms with van der Waals surface area (Å²) in [4.78, 5) is 12.2. The Morgan fingerprint density at radius 2 is 1.92 bits per heavy atom. The second-order valence-electron chi connectivity index (χ2n) is 5.63. The second-order valence-corrected chi connectivity index (χ2v) is 7.54. The number of hydrogen-bond donors (Lipinski definition) is 1. The molecule has 0 spiro atoms. The Hall–Kier alpha value is -2.85. The summed E-state index contributed by atoms with van der Waals surface area (Å²) in [5.41, 5.74) is 2.22. The van der Waals surface area contributed by atoms with E-state index in [9.17, 15) is 13.2 Å². The minimum atomic E-state index is -3.52. The summed E-state index contributed by atoms with van der Waals surface area (Å²) in [5, 5.41) is 11.7. The van der Waals surface area contributed by atoms with Gasteiger partial charge in [0.15, 0.2) is 0 Å². The topological polar surface area (TPSA) is 90.3 Å². The molecule has 0 aliphatic heterocycles. The van der Waals surface area contributed by atoms with Crippen LogP contribution in [-0.2, 0) is 14.8 Å². The summed E-state index contributed by atoms with van der Waals surface area (Å²) >= 11 is 0. The molecule has 0 saturated carbocycles. The SMILES string of the molecule is Cc1cccc(N(CCC(=O)Nc2ccccc2C#N)S(C)(=O)=O)c1. The van der Waals surface area contributed by atoms with Gasteiger partial charge in [-0.25, -0.2) is 8.42 Å². The molecule has 2 rings (SSSR count). The lowest BCUT2D eigenvalue weighted by Crippen LogP contribution is -2.33. The van der Waals surface area contributed by atoms with Gasteiger partial charge >= 0.3 is 0 Å². The standard InChI is InChI=1S/C18H19N3O3S/c1-14-6-5-8-16(12-14)21(25(2,23)24)11-10-18(22)20-17-9-4-3-7-15(17)13-19/h3-9,12H,10-11H2,1-2H3,(H,20,22). The molecule has 0 heterocycles. The van der Waals surface area contributed by atoms with Crippen molar-refractivity contribution in [2.24, 2.45) is 0 Å². The monoisotopic (exact) mass is 357 g/mol. The van der Waals surface area contributed by atoms with Crippen molar-refractivity contribution < 1.29 is 13.2 Å². The molecule has 2 aromatic carbocycles. The molecule has 0 aliphatic carbocycles. The number of anilines is 2. The van der Waals surface area contributed by atoms with Crippen LogP contribution in [0.2, 0.25) is 0 Å². The lowest BCUT2D eigenvalue weighted by molar-refractivity contribution is -0.116. The Morgan fingerprint density at radius 1 is 1.20 bits per heavy atom. The fraction of sp³-hybridized carbons (Fsp3) is 0.222. The maximum atomic E-state index is 12.2. The van der Waals surface area contributed by atoms with Crippen LogP contribution in [0.4, 0.5) is 11.4 Å². The number of nitrogens with zero attached hydrogens (tertiary/aromatic N) is 2. The Bertz CT molecular complexity index is 917. The van der Waals surface area contributed by atoms with Gasteiger partial charge in [0.2, 0.25) is 15.9 Å². The van der Waals surface area contributed by atoms with E-state index >= 15 is 0 Å². The van der Waals surface area contributed by atoms with Crippen molar-refractivity contribution in [1.29, 1.82) is 5.26 Å². The molecular formula is C18H19N3O3S. The normalized spacial score (nSPS) is 10.8. The van der Waals surface area contributed by atoms with Crippen LogP contribution in [0.15, 0.2) is 48.5 Å². The van der Waals surface area contributed by atoms with Crippen molar-refractivity contribution >= 4 is 27.3 Å². The Balaban J connectivity index is 2.11. The third-order valence-electron chi connectivity index (χ3n) is 3.55. The second kappa shape index (κ2) is 7.81. The number of rotatable bonds is 6. The minimum absolute atomic E-state index is 0.0167. The highest BCUT2D eigenvalue weighted by Crippen LogP contribution is 2.20. The van der Waals surface area contributed by atoms with Gasteiger partial charge in [-0.3, -0.25) is 9.10 Å². The first-order chi connectivity index (χ1) is 11.8. The molecule has 1 amide bonds. The van der Waals surface area contributed by atoms with E-state index in [1.165, 1.54) is 4.31 Å². The van der Waals surface area contributed by atoms with Crippen molar-refractivity contribution in [1.82, 2.24) is 0 Å². The van der Waals surface area contributed by atoms with Gasteiger partial charge in [0.1, 0.15) is 6.07 Å². The Kier molecular flexibility index (Phi) is 5.78. The summed E-state index contributed by atoms with van der Waals surface area (Å²) in [6, 6.07) is 15.7. The van der Waals surface area contributed by atoms with Crippen LogP contribution in [0.3, 0.4) is 0 Å². The molecule has 1 N–H and O–H groups in total. The van der Waals surface area contributed by atoms with Gasteiger partial charge in [-0.1, -0.05) is 24.3 Å². The maximum absolute atomic E-state index is 12.2. The van der Waals surface area contributed by atoms with E-state index in [4.69, 9.17) is 5.26 Å². The Labute approximate surface area is 147 Å². The third kappa shape index (κ3) is 5.06. The summed E-state index contributed by atoms with van der Waals surface area (Å²) in [5.74, 6) is -0.357. The molecule has 6 nitrogen and oxygen atoms in total. The number of aryl methyl sites for hydroxylation is 1.